The maximum absolute atomic E-state index is 10.2. The highest BCUT2D eigenvalue weighted by molar-refractivity contribution is 5.27. The van der Waals surface area contributed by atoms with E-state index in [-0.39, 0.29) is 12.0 Å². The first kappa shape index (κ1) is 19.7. The molecule has 1 unspecified atom stereocenters. The van der Waals surface area contributed by atoms with Crippen LogP contribution in [0.1, 0.15) is 62.0 Å². The molecule has 2 fully saturated rings. The van der Waals surface area contributed by atoms with Crippen LogP contribution in [0.25, 0.3) is 0 Å². The highest BCUT2D eigenvalue weighted by atomic mass is 16.3. The van der Waals surface area contributed by atoms with Crippen LogP contribution >= 0.6 is 0 Å². The van der Waals surface area contributed by atoms with Crippen LogP contribution in [0.2, 0.25) is 0 Å². The molecule has 1 heterocycles. The maximum atomic E-state index is 10.2. The summed E-state index contributed by atoms with van der Waals surface area (Å²) in [5.41, 5.74) is 2.78. The minimum atomic E-state index is -0.0508. The molecule has 1 atom stereocenters. The lowest BCUT2D eigenvalue weighted by atomic mass is 9.72. The number of aliphatic hydroxyl groups excluding tert-OH is 1. The Hall–Kier alpha value is -1.64. The van der Waals surface area contributed by atoms with Crippen LogP contribution in [0.4, 0.5) is 0 Å². The SMILES string of the molecule is OCC1(c2ccccc2)CCN(CC(c2ccccc2)C2CCCCC2)CC1. The Balaban J connectivity index is 1.45. The molecule has 0 spiro atoms. The van der Waals surface area contributed by atoms with E-state index in [1.165, 1.54) is 49.8 Å². The minimum Gasteiger partial charge on any atom is -0.395 e. The van der Waals surface area contributed by atoms with E-state index < -0.39 is 0 Å². The highest BCUT2D eigenvalue weighted by Crippen LogP contribution is 2.39. The second-order valence-corrected chi connectivity index (χ2v) is 9.02. The van der Waals surface area contributed by atoms with Crippen molar-refractivity contribution in [2.45, 2.75) is 56.3 Å². The zero-order valence-corrected chi connectivity index (χ0v) is 17.1. The fourth-order valence-electron chi connectivity index (χ4n) is 5.54. The summed E-state index contributed by atoms with van der Waals surface area (Å²) in [6.07, 6.45) is 9.10. The van der Waals surface area contributed by atoms with E-state index in [1.54, 1.807) is 0 Å². The van der Waals surface area contributed by atoms with Gasteiger partial charge >= 0.3 is 0 Å². The summed E-state index contributed by atoms with van der Waals surface area (Å²) < 4.78 is 0. The quantitative estimate of drug-likeness (QED) is 0.731. The first-order valence-electron chi connectivity index (χ1n) is 11.2. The van der Waals surface area contributed by atoms with E-state index >= 15 is 0 Å². The van der Waals surface area contributed by atoms with Crippen molar-refractivity contribution in [3.05, 3.63) is 71.8 Å². The van der Waals surface area contributed by atoms with Gasteiger partial charge < -0.3 is 10.0 Å². The predicted octanol–water partition coefficient (Wildman–Crippen LogP) is 5.38. The van der Waals surface area contributed by atoms with E-state index in [2.05, 4.69) is 65.6 Å². The second kappa shape index (κ2) is 9.24. The number of nitrogens with zero attached hydrogens (tertiary/aromatic N) is 1. The van der Waals surface area contributed by atoms with Crippen LogP contribution in [0.3, 0.4) is 0 Å². The van der Waals surface area contributed by atoms with Crippen molar-refractivity contribution in [3.8, 4) is 0 Å². The molecule has 1 N–H and O–H groups in total. The first-order chi connectivity index (χ1) is 13.8. The van der Waals surface area contributed by atoms with Crippen LogP contribution < -0.4 is 0 Å². The molecule has 28 heavy (non-hydrogen) atoms. The standard InChI is InChI=1S/C26H35NO/c28-21-26(24-14-8-3-9-15-24)16-18-27(19-17-26)20-25(22-10-4-1-5-11-22)23-12-6-2-7-13-23/h1,3-5,8-11,14-15,23,25,28H,2,6-7,12-13,16-21H2. The monoisotopic (exact) mass is 377 g/mol. The van der Waals surface area contributed by atoms with E-state index in [0.717, 1.165) is 31.8 Å². The smallest absolute Gasteiger partial charge is 0.0528 e. The summed E-state index contributed by atoms with van der Waals surface area (Å²) in [4.78, 5) is 2.67. The number of benzene rings is 2. The van der Waals surface area contributed by atoms with Gasteiger partial charge in [-0.15, -0.1) is 0 Å². The summed E-state index contributed by atoms with van der Waals surface area (Å²) in [6.45, 7) is 3.61. The van der Waals surface area contributed by atoms with Crippen molar-refractivity contribution in [2.24, 2.45) is 5.92 Å². The molecule has 2 heteroatoms. The zero-order valence-electron chi connectivity index (χ0n) is 17.1. The van der Waals surface area contributed by atoms with Gasteiger partial charge in [0.1, 0.15) is 0 Å². The number of piperidine rings is 1. The Kier molecular flexibility index (Phi) is 6.49. The molecular weight excluding hydrogens is 342 g/mol. The Labute approximate surface area is 170 Å². The summed E-state index contributed by atoms with van der Waals surface area (Å²) in [7, 11) is 0. The van der Waals surface area contributed by atoms with E-state index in [9.17, 15) is 5.11 Å². The van der Waals surface area contributed by atoms with Gasteiger partial charge in [0.2, 0.25) is 0 Å². The van der Waals surface area contributed by atoms with Crippen molar-refractivity contribution >= 4 is 0 Å². The molecule has 4 rings (SSSR count). The lowest BCUT2D eigenvalue weighted by Crippen LogP contribution is -2.46. The fraction of sp³-hybridized carbons (Fsp3) is 0.538. The number of rotatable bonds is 6. The van der Waals surface area contributed by atoms with E-state index in [0.29, 0.717) is 5.92 Å². The van der Waals surface area contributed by atoms with Gasteiger partial charge in [-0.05, 0) is 61.7 Å². The average molecular weight is 378 g/mol. The van der Waals surface area contributed by atoms with Crippen molar-refractivity contribution in [2.75, 3.05) is 26.2 Å². The topological polar surface area (TPSA) is 23.5 Å². The minimum absolute atomic E-state index is 0.0508. The van der Waals surface area contributed by atoms with Crippen molar-refractivity contribution in [1.29, 1.82) is 0 Å². The van der Waals surface area contributed by atoms with Crippen LogP contribution in [0.15, 0.2) is 60.7 Å². The van der Waals surface area contributed by atoms with Gasteiger partial charge in [0.15, 0.2) is 0 Å². The summed E-state index contributed by atoms with van der Waals surface area (Å²) in [5.74, 6) is 1.48. The third-order valence-electron chi connectivity index (χ3n) is 7.40. The first-order valence-corrected chi connectivity index (χ1v) is 11.2. The molecule has 2 nitrogen and oxygen atoms in total. The Morgan fingerprint density at radius 1 is 0.857 bits per heavy atom. The summed E-state index contributed by atoms with van der Waals surface area (Å²) >= 11 is 0. The Morgan fingerprint density at radius 2 is 1.46 bits per heavy atom. The van der Waals surface area contributed by atoms with Gasteiger partial charge in [0, 0.05) is 12.0 Å². The van der Waals surface area contributed by atoms with E-state index in [4.69, 9.17) is 0 Å². The molecule has 0 radical (unpaired) electrons. The van der Waals surface area contributed by atoms with Gasteiger partial charge in [0.25, 0.3) is 0 Å². The molecule has 0 bridgehead atoms. The second-order valence-electron chi connectivity index (χ2n) is 9.02. The van der Waals surface area contributed by atoms with E-state index in [1.807, 2.05) is 0 Å². The molecule has 2 aliphatic rings. The van der Waals surface area contributed by atoms with Crippen molar-refractivity contribution in [1.82, 2.24) is 4.90 Å². The van der Waals surface area contributed by atoms with Crippen LogP contribution in [-0.4, -0.2) is 36.2 Å². The van der Waals surface area contributed by atoms with Crippen molar-refractivity contribution < 1.29 is 5.11 Å². The average Bonchev–Trinajstić information content (AvgIpc) is 2.80. The normalized spacial score (nSPS) is 22.0. The third kappa shape index (κ3) is 4.34. The molecule has 0 amide bonds. The molecule has 1 saturated carbocycles. The number of hydrogen-bond donors (Lipinski definition) is 1. The Morgan fingerprint density at radius 3 is 2.07 bits per heavy atom. The zero-order chi connectivity index (χ0) is 19.2. The summed E-state index contributed by atoms with van der Waals surface area (Å²) in [5, 5.41) is 10.2. The van der Waals surface area contributed by atoms with Crippen LogP contribution in [-0.2, 0) is 5.41 Å². The number of aliphatic hydroxyl groups is 1. The lowest BCUT2D eigenvalue weighted by Gasteiger charge is -2.43. The van der Waals surface area contributed by atoms with Crippen LogP contribution in [0.5, 0.6) is 0 Å². The summed E-state index contributed by atoms with van der Waals surface area (Å²) in [6, 6.07) is 21.9. The molecule has 1 aliphatic heterocycles. The number of hydrogen-bond acceptors (Lipinski definition) is 2. The molecular formula is C26H35NO. The van der Waals surface area contributed by atoms with Gasteiger partial charge in [-0.3, -0.25) is 0 Å². The lowest BCUT2D eigenvalue weighted by molar-refractivity contribution is 0.0907. The predicted molar refractivity (Wildman–Crippen MR) is 117 cm³/mol. The molecule has 1 aliphatic carbocycles. The molecule has 2 aromatic carbocycles. The molecule has 150 valence electrons. The highest BCUT2D eigenvalue weighted by Gasteiger charge is 2.37. The largest absolute Gasteiger partial charge is 0.395 e. The molecule has 2 aromatic rings. The Bertz CT molecular complexity index is 700. The molecule has 1 saturated heterocycles. The van der Waals surface area contributed by atoms with Gasteiger partial charge in [-0.2, -0.15) is 0 Å². The fourth-order valence-corrected chi connectivity index (χ4v) is 5.54. The van der Waals surface area contributed by atoms with Gasteiger partial charge in [-0.25, -0.2) is 0 Å². The van der Waals surface area contributed by atoms with Gasteiger partial charge in [-0.1, -0.05) is 79.9 Å². The van der Waals surface area contributed by atoms with Gasteiger partial charge in [0.05, 0.1) is 6.61 Å². The third-order valence-corrected chi connectivity index (χ3v) is 7.40. The maximum Gasteiger partial charge on any atom is 0.0528 e. The molecule has 0 aromatic heterocycles. The number of likely N-dealkylation sites (tertiary alicyclic amines) is 1. The van der Waals surface area contributed by atoms with Crippen LogP contribution in [0, 0.1) is 5.92 Å². The van der Waals surface area contributed by atoms with Crippen molar-refractivity contribution in [3.63, 3.8) is 0 Å².